The minimum atomic E-state index is 0.172. The molecule has 0 aromatic heterocycles. The van der Waals surface area contributed by atoms with Gasteiger partial charge in [0.2, 0.25) is 5.91 Å². The van der Waals surface area contributed by atoms with E-state index in [1.807, 2.05) is 29.2 Å². The minimum absolute atomic E-state index is 0.172. The summed E-state index contributed by atoms with van der Waals surface area (Å²) < 4.78 is 0. The fourth-order valence-corrected chi connectivity index (χ4v) is 2.68. The Hall–Kier alpha value is -1.42. The number of nitrogens with two attached hydrogens (primary N) is 1. The molecule has 1 saturated heterocycles. The van der Waals surface area contributed by atoms with Crippen LogP contribution in [0.3, 0.4) is 0 Å². The average Bonchev–Trinajstić information content (AvgIpc) is 2.71. The van der Waals surface area contributed by atoms with Crippen LogP contribution < -0.4 is 5.73 Å². The van der Waals surface area contributed by atoms with Crippen molar-refractivity contribution in [1.29, 1.82) is 0 Å². The van der Waals surface area contributed by atoms with Crippen molar-refractivity contribution in [2.75, 3.05) is 6.54 Å². The van der Waals surface area contributed by atoms with Crippen molar-refractivity contribution in [2.24, 2.45) is 17.1 Å². The zero-order valence-corrected chi connectivity index (χ0v) is 13.2. The predicted octanol–water partition coefficient (Wildman–Crippen LogP) is 2.72. The lowest BCUT2D eigenvalue weighted by Crippen LogP contribution is -2.27. The Morgan fingerprint density at radius 3 is 2.70 bits per heavy atom. The van der Waals surface area contributed by atoms with E-state index in [-0.39, 0.29) is 11.3 Å². The molecule has 0 radical (unpaired) electrons. The second-order valence-electron chi connectivity index (χ2n) is 6.61. The number of carbonyl (C=O) groups is 1. The monoisotopic (exact) mass is 290 g/mol. The summed E-state index contributed by atoms with van der Waals surface area (Å²) in [5.41, 5.74) is 7.76. The van der Waals surface area contributed by atoms with Gasteiger partial charge in [-0.05, 0) is 23.0 Å². The minimum Gasteiger partial charge on any atom is -0.389 e. The van der Waals surface area contributed by atoms with Gasteiger partial charge in [0.15, 0.2) is 0 Å². The highest BCUT2D eigenvalue weighted by Gasteiger charge is 2.36. The Morgan fingerprint density at radius 2 is 2.15 bits per heavy atom. The molecule has 1 aliphatic heterocycles. The summed E-state index contributed by atoms with van der Waals surface area (Å²) in [6.07, 6.45) is 0.651. The highest BCUT2D eigenvalue weighted by Crippen LogP contribution is 2.34. The van der Waals surface area contributed by atoms with Crippen molar-refractivity contribution in [3.05, 3.63) is 35.4 Å². The van der Waals surface area contributed by atoms with Crippen LogP contribution in [0.2, 0.25) is 0 Å². The SMILES string of the molecule is CC(C)(C)C1CC(=O)N(Cc2cccc(C(N)=S)c2)C1. The Labute approximate surface area is 126 Å². The summed E-state index contributed by atoms with van der Waals surface area (Å²) in [5.74, 6) is 0.666. The molecular formula is C16H22N2OS. The molecule has 1 heterocycles. The molecule has 1 fully saturated rings. The first-order valence-corrected chi connectivity index (χ1v) is 7.34. The number of nitrogens with zero attached hydrogens (tertiary/aromatic N) is 1. The van der Waals surface area contributed by atoms with Gasteiger partial charge in [-0.3, -0.25) is 4.79 Å². The molecule has 1 unspecified atom stereocenters. The first-order valence-electron chi connectivity index (χ1n) is 6.94. The molecule has 0 aliphatic carbocycles. The van der Waals surface area contributed by atoms with Gasteiger partial charge in [-0.1, -0.05) is 51.2 Å². The van der Waals surface area contributed by atoms with E-state index in [9.17, 15) is 4.79 Å². The van der Waals surface area contributed by atoms with Crippen molar-refractivity contribution in [2.45, 2.75) is 33.7 Å². The summed E-state index contributed by atoms with van der Waals surface area (Å²) in [6, 6.07) is 7.82. The zero-order chi connectivity index (χ0) is 14.9. The highest BCUT2D eigenvalue weighted by molar-refractivity contribution is 7.80. The van der Waals surface area contributed by atoms with Gasteiger partial charge in [-0.15, -0.1) is 0 Å². The molecule has 0 saturated carbocycles. The molecular weight excluding hydrogens is 268 g/mol. The summed E-state index contributed by atoms with van der Waals surface area (Å²) in [6.45, 7) is 8.06. The molecule has 1 aliphatic rings. The van der Waals surface area contributed by atoms with Crippen LogP contribution in [0.25, 0.3) is 0 Å². The number of hydrogen-bond donors (Lipinski definition) is 1. The normalized spacial score (nSPS) is 19.4. The number of rotatable bonds is 3. The summed E-state index contributed by atoms with van der Waals surface area (Å²) in [5, 5.41) is 0. The molecule has 1 aromatic rings. The molecule has 1 atom stereocenters. The van der Waals surface area contributed by atoms with E-state index >= 15 is 0 Å². The highest BCUT2D eigenvalue weighted by atomic mass is 32.1. The molecule has 4 heteroatoms. The van der Waals surface area contributed by atoms with Crippen molar-refractivity contribution < 1.29 is 4.79 Å². The number of benzene rings is 1. The second kappa shape index (κ2) is 5.52. The molecule has 0 bridgehead atoms. The Balaban J connectivity index is 2.09. The molecule has 2 rings (SSSR count). The molecule has 20 heavy (non-hydrogen) atoms. The number of hydrogen-bond acceptors (Lipinski definition) is 2. The van der Waals surface area contributed by atoms with Gasteiger partial charge in [0.25, 0.3) is 0 Å². The second-order valence-corrected chi connectivity index (χ2v) is 7.05. The first-order chi connectivity index (χ1) is 9.27. The van der Waals surface area contributed by atoms with Crippen LogP contribution in [0.5, 0.6) is 0 Å². The van der Waals surface area contributed by atoms with Crippen molar-refractivity contribution in [3.8, 4) is 0 Å². The van der Waals surface area contributed by atoms with Gasteiger partial charge in [-0.2, -0.15) is 0 Å². The smallest absolute Gasteiger partial charge is 0.223 e. The molecule has 1 amide bonds. The molecule has 3 nitrogen and oxygen atoms in total. The lowest BCUT2D eigenvalue weighted by Gasteiger charge is -2.26. The van der Waals surface area contributed by atoms with E-state index in [2.05, 4.69) is 20.8 Å². The van der Waals surface area contributed by atoms with Gasteiger partial charge in [-0.25, -0.2) is 0 Å². The Morgan fingerprint density at radius 1 is 1.45 bits per heavy atom. The first kappa shape index (κ1) is 15.0. The van der Waals surface area contributed by atoms with E-state index < -0.39 is 0 Å². The third kappa shape index (κ3) is 3.37. The maximum absolute atomic E-state index is 12.1. The van der Waals surface area contributed by atoms with Crippen LogP contribution >= 0.6 is 12.2 Å². The molecule has 0 spiro atoms. The van der Waals surface area contributed by atoms with Crippen molar-refractivity contribution in [3.63, 3.8) is 0 Å². The van der Waals surface area contributed by atoms with E-state index in [1.165, 1.54) is 0 Å². The zero-order valence-electron chi connectivity index (χ0n) is 12.3. The van der Waals surface area contributed by atoms with Crippen LogP contribution in [0, 0.1) is 11.3 Å². The van der Waals surface area contributed by atoms with Crippen LogP contribution in [0.1, 0.15) is 38.3 Å². The number of amides is 1. The maximum Gasteiger partial charge on any atom is 0.223 e. The Bertz CT molecular complexity index is 534. The maximum atomic E-state index is 12.1. The van der Waals surface area contributed by atoms with Crippen LogP contribution in [-0.4, -0.2) is 22.3 Å². The van der Waals surface area contributed by atoms with Gasteiger partial charge in [0, 0.05) is 25.1 Å². The quantitative estimate of drug-likeness (QED) is 0.871. The standard InChI is InChI=1S/C16H22N2OS/c1-16(2,3)13-8-14(19)18(10-13)9-11-5-4-6-12(7-11)15(17)20/h4-7,13H,8-10H2,1-3H3,(H2,17,20). The largest absolute Gasteiger partial charge is 0.389 e. The lowest BCUT2D eigenvalue weighted by atomic mass is 9.80. The van der Waals surface area contributed by atoms with Crippen molar-refractivity contribution in [1.82, 2.24) is 4.90 Å². The van der Waals surface area contributed by atoms with Crippen LogP contribution in [0.4, 0.5) is 0 Å². The molecule has 2 N–H and O–H groups in total. The predicted molar refractivity (Wildman–Crippen MR) is 85.3 cm³/mol. The summed E-state index contributed by atoms with van der Waals surface area (Å²) in [4.78, 5) is 14.5. The average molecular weight is 290 g/mol. The number of likely N-dealkylation sites (tertiary alicyclic amines) is 1. The van der Waals surface area contributed by atoms with Gasteiger partial charge >= 0.3 is 0 Å². The molecule has 108 valence electrons. The summed E-state index contributed by atoms with van der Waals surface area (Å²) in [7, 11) is 0. The van der Waals surface area contributed by atoms with Gasteiger partial charge in [0.05, 0.1) is 0 Å². The fourth-order valence-electron chi connectivity index (χ4n) is 2.55. The van der Waals surface area contributed by atoms with Gasteiger partial charge < -0.3 is 10.6 Å². The van der Waals surface area contributed by atoms with E-state index in [0.29, 0.717) is 23.9 Å². The Kier molecular flexibility index (Phi) is 4.14. The van der Waals surface area contributed by atoms with Crippen LogP contribution in [-0.2, 0) is 11.3 Å². The van der Waals surface area contributed by atoms with Crippen LogP contribution in [0.15, 0.2) is 24.3 Å². The van der Waals surface area contributed by atoms with E-state index in [1.54, 1.807) is 0 Å². The number of thiocarbonyl (C=S) groups is 1. The van der Waals surface area contributed by atoms with Gasteiger partial charge in [0.1, 0.15) is 4.99 Å². The van der Waals surface area contributed by atoms with E-state index in [4.69, 9.17) is 18.0 Å². The molecule has 1 aromatic carbocycles. The number of carbonyl (C=O) groups excluding carboxylic acids is 1. The summed E-state index contributed by atoms with van der Waals surface area (Å²) >= 11 is 4.99. The lowest BCUT2D eigenvalue weighted by molar-refractivity contribution is -0.128. The third-order valence-corrected chi connectivity index (χ3v) is 4.26. The third-order valence-electron chi connectivity index (χ3n) is 4.02. The van der Waals surface area contributed by atoms with Crippen molar-refractivity contribution >= 4 is 23.1 Å². The fraction of sp³-hybridized carbons (Fsp3) is 0.500. The van der Waals surface area contributed by atoms with E-state index in [0.717, 1.165) is 17.7 Å². The topological polar surface area (TPSA) is 46.3 Å².